The largest absolute Gasteiger partial charge is 0.423 e. The molecule has 0 unspecified atom stereocenters. The summed E-state index contributed by atoms with van der Waals surface area (Å²) in [6.07, 6.45) is 1.95. The van der Waals surface area contributed by atoms with Crippen molar-refractivity contribution >= 4 is 38.4 Å². The maximum absolute atomic E-state index is 12.5. The van der Waals surface area contributed by atoms with Crippen LogP contribution in [-0.2, 0) is 10.0 Å². The van der Waals surface area contributed by atoms with Crippen molar-refractivity contribution in [1.29, 1.82) is 0 Å². The van der Waals surface area contributed by atoms with Crippen LogP contribution >= 0.6 is 11.8 Å². The van der Waals surface area contributed by atoms with Crippen LogP contribution in [0.1, 0.15) is 0 Å². The Morgan fingerprint density at radius 1 is 1.00 bits per heavy atom. The van der Waals surface area contributed by atoms with E-state index in [0.717, 1.165) is 4.90 Å². The predicted octanol–water partition coefficient (Wildman–Crippen LogP) is 3.32. The summed E-state index contributed by atoms with van der Waals surface area (Å²) in [5.74, 6) is 0. The van der Waals surface area contributed by atoms with Crippen molar-refractivity contribution in [2.45, 2.75) is 9.79 Å². The molecule has 0 amide bonds. The molecule has 0 fully saturated rings. The van der Waals surface area contributed by atoms with Gasteiger partial charge in [-0.2, -0.15) is 0 Å². The van der Waals surface area contributed by atoms with E-state index in [4.69, 9.17) is 4.42 Å². The van der Waals surface area contributed by atoms with E-state index in [0.29, 0.717) is 16.7 Å². The second kappa shape index (κ2) is 6.10. The Labute approximate surface area is 137 Å². The van der Waals surface area contributed by atoms with Gasteiger partial charge < -0.3 is 4.42 Å². The number of hydrogen-bond donors (Lipinski definition) is 1. The third-order valence-corrected chi connectivity index (χ3v) is 5.37. The van der Waals surface area contributed by atoms with Gasteiger partial charge >= 0.3 is 5.63 Å². The van der Waals surface area contributed by atoms with Crippen LogP contribution in [0.4, 0.5) is 5.69 Å². The summed E-state index contributed by atoms with van der Waals surface area (Å²) in [6.45, 7) is 0. The fourth-order valence-electron chi connectivity index (χ4n) is 2.09. The summed E-state index contributed by atoms with van der Waals surface area (Å²) in [7, 11) is -3.71. The number of rotatable bonds is 4. The first-order chi connectivity index (χ1) is 11.0. The molecule has 0 spiro atoms. The molecule has 0 bridgehead atoms. The second-order valence-electron chi connectivity index (χ2n) is 4.79. The lowest BCUT2D eigenvalue weighted by atomic mass is 10.2. The molecule has 3 rings (SSSR count). The number of thioether (sulfide) groups is 1. The van der Waals surface area contributed by atoms with Gasteiger partial charge in [-0.25, -0.2) is 13.2 Å². The Kier molecular flexibility index (Phi) is 4.14. The quantitative estimate of drug-likeness (QED) is 0.579. The smallest absolute Gasteiger partial charge is 0.336 e. The normalized spacial score (nSPS) is 11.5. The maximum Gasteiger partial charge on any atom is 0.336 e. The van der Waals surface area contributed by atoms with Crippen LogP contribution in [0, 0.1) is 0 Å². The average molecular weight is 347 g/mol. The van der Waals surface area contributed by atoms with E-state index in [1.54, 1.807) is 23.9 Å². The minimum absolute atomic E-state index is 0.104. The van der Waals surface area contributed by atoms with Gasteiger partial charge in [0.15, 0.2) is 0 Å². The summed E-state index contributed by atoms with van der Waals surface area (Å²) in [6, 6.07) is 14.3. The fourth-order valence-corrected chi connectivity index (χ4v) is 3.59. The SMILES string of the molecule is CSc1ccc(NS(=O)(=O)c2ccc3oc(=O)ccc3c2)cc1. The molecule has 7 heteroatoms. The van der Waals surface area contributed by atoms with Crippen LogP contribution in [0.3, 0.4) is 0 Å². The standard InChI is InChI=1S/C16H13NO4S2/c1-22-13-5-3-12(4-6-13)17-23(19,20)14-7-8-15-11(10-14)2-9-16(18)21-15/h2-10,17H,1H3. The molecule has 2 aromatic carbocycles. The molecule has 0 radical (unpaired) electrons. The molecule has 0 aliphatic carbocycles. The van der Waals surface area contributed by atoms with Crippen LogP contribution in [0.2, 0.25) is 0 Å². The Hall–Kier alpha value is -2.25. The van der Waals surface area contributed by atoms with Gasteiger partial charge in [-0.05, 0) is 54.8 Å². The van der Waals surface area contributed by atoms with Gasteiger partial charge in [0.05, 0.1) is 4.90 Å². The van der Waals surface area contributed by atoms with Crippen LogP contribution in [0.25, 0.3) is 11.0 Å². The summed E-state index contributed by atoms with van der Waals surface area (Å²) in [5, 5.41) is 0.546. The zero-order valence-electron chi connectivity index (χ0n) is 12.1. The van der Waals surface area contributed by atoms with E-state index < -0.39 is 15.6 Å². The van der Waals surface area contributed by atoms with Gasteiger partial charge in [0, 0.05) is 22.0 Å². The van der Waals surface area contributed by atoms with Crippen molar-refractivity contribution in [3.05, 3.63) is 65.0 Å². The van der Waals surface area contributed by atoms with E-state index >= 15 is 0 Å². The van der Waals surface area contributed by atoms with Gasteiger partial charge in [-0.15, -0.1) is 11.8 Å². The van der Waals surface area contributed by atoms with E-state index in [9.17, 15) is 13.2 Å². The first-order valence-corrected chi connectivity index (χ1v) is 9.39. The van der Waals surface area contributed by atoms with Crippen molar-refractivity contribution in [3.63, 3.8) is 0 Å². The highest BCUT2D eigenvalue weighted by molar-refractivity contribution is 7.98. The first-order valence-electron chi connectivity index (χ1n) is 6.69. The Bertz CT molecular complexity index is 1010. The molecule has 118 valence electrons. The minimum Gasteiger partial charge on any atom is -0.423 e. The first kappa shape index (κ1) is 15.6. The van der Waals surface area contributed by atoms with Crippen molar-refractivity contribution in [2.24, 2.45) is 0 Å². The highest BCUT2D eigenvalue weighted by atomic mass is 32.2. The third kappa shape index (κ3) is 3.40. The highest BCUT2D eigenvalue weighted by Gasteiger charge is 2.15. The zero-order chi connectivity index (χ0) is 16.4. The number of anilines is 1. The fraction of sp³-hybridized carbons (Fsp3) is 0.0625. The lowest BCUT2D eigenvalue weighted by Gasteiger charge is -2.09. The molecular weight excluding hydrogens is 334 g/mol. The average Bonchev–Trinajstić information content (AvgIpc) is 2.54. The Morgan fingerprint density at radius 2 is 1.74 bits per heavy atom. The molecular formula is C16H13NO4S2. The van der Waals surface area contributed by atoms with Gasteiger partial charge in [0.2, 0.25) is 0 Å². The molecule has 1 heterocycles. The summed E-state index contributed by atoms with van der Waals surface area (Å²) < 4.78 is 32.4. The molecule has 0 saturated heterocycles. The molecule has 1 aromatic heterocycles. The van der Waals surface area contributed by atoms with Gasteiger partial charge in [-0.3, -0.25) is 4.72 Å². The molecule has 0 aliphatic rings. The molecule has 5 nitrogen and oxygen atoms in total. The third-order valence-electron chi connectivity index (χ3n) is 3.24. The number of benzene rings is 2. The van der Waals surface area contributed by atoms with Crippen molar-refractivity contribution in [2.75, 3.05) is 11.0 Å². The van der Waals surface area contributed by atoms with Crippen LogP contribution in [-0.4, -0.2) is 14.7 Å². The van der Waals surface area contributed by atoms with Gasteiger partial charge in [-0.1, -0.05) is 0 Å². The molecule has 0 aliphatic heterocycles. The molecule has 0 atom stereocenters. The number of nitrogens with one attached hydrogen (secondary N) is 1. The predicted molar refractivity (Wildman–Crippen MR) is 91.5 cm³/mol. The Morgan fingerprint density at radius 3 is 2.43 bits per heavy atom. The lowest BCUT2D eigenvalue weighted by Crippen LogP contribution is -2.12. The monoisotopic (exact) mass is 347 g/mol. The number of sulfonamides is 1. The molecule has 0 saturated carbocycles. The van der Waals surface area contributed by atoms with Crippen molar-refractivity contribution < 1.29 is 12.8 Å². The van der Waals surface area contributed by atoms with Crippen LogP contribution < -0.4 is 10.3 Å². The zero-order valence-corrected chi connectivity index (χ0v) is 13.8. The summed E-state index contributed by atoms with van der Waals surface area (Å²) in [4.78, 5) is 12.3. The van der Waals surface area contributed by atoms with E-state index in [2.05, 4.69) is 4.72 Å². The molecule has 1 N–H and O–H groups in total. The van der Waals surface area contributed by atoms with Gasteiger partial charge in [0.1, 0.15) is 5.58 Å². The lowest BCUT2D eigenvalue weighted by molar-refractivity contribution is 0.560. The molecule has 3 aromatic rings. The van der Waals surface area contributed by atoms with Crippen molar-refractivity contribution in [1.82, 2.24) is 0 Å². The molecule has 23 heavy (non-hydrogen) atoms. The topological polar surface area (TPSA) is 76.4 Å². The second-order valence-corrected chi connectivity index (χ2v) is 7.35. The van der Waals surface area contributed by atoms with E-state index in [1.165, 1.54) is 30.3 Å². The van der Waals surface area contributed by atoms with Crippen molar-refractivity contribution in [3.8, 4) is 0 Å². The number of hydrogen-bond acceptors (Lipinski definition) is 5. The van der Waals surface area contributed by atoms with Crippen LogP contribution in [0.5, 0.6) is 0 Å². The van der Waals surface area contributed by atoms with Gasteiger partial charge in [0.25, 0.3) is 10.0 Å². The number of fused-ring (bicyclic) bond motifs is 1. The van der Waals surface area contributed by atoms with E-state index in [1.807, 2.05) is 18.4 Å². The Balaban J connectivity index is 1.95. The summed E-state index contributed by atoms with van der Waals surface area (Å²) >= 11 is 1.58. The summed E-state index contributed by atoms with van der Waals surface area (Å²) in [5.41, 5.74) is 0.364. The highest BCUT2D eigenvalue weighted by Crippen LogP contribution is 2.22. The maximum atomic E-state index is 12.5. The van der Waals surface area contributed by atoms with E-state index in [-0.39, 0.29) is 4.90 Å². The minimum atomic E-state index is -3.71. The van der Waals surface area contributed by atoms with Crippen LogP contribution in [0.15, 0.2) is 73.6 Å².